The number of carbonyl (C=O) groups is 1. The molecule has 0 aromatic heterocycles. The zero-order valence-corrected chi connectivity index (χ0v) is 20.8. The monoisotopic (exact) mass is 476 g/mol. The van der Waals surface area contributed by atoms with Crippen LogP contribution in [0.4, 0.5) is 5.69 Å². The van der Waals surface area contributed by atoms with E-state index in [0.29, 0.717) is 11.3 Å². The molecule has 0 spiro atoms. The number of hydrogen-bond donors (Lipinski definition) is 2. The summed E-state index contributed by atoms with van der Waals surface area (Å²) >= 11 is 0. The lowest BCUT2D eigenvalue weighted by Crippen LogP contribution is -2.45. The molecule has 0 amide bonds. The van der Waals surface area contributed by atoms with Crippen molar-refractivity contribution in [2.45, 2.75) is 65.1 Å². The molecule has 0 fully saturated rings. The van der Waals surface area contributed by atoms with Crippen molar-refractivity contribution >= 4 is 22.0 Å². The maximum absolute atomic E-state index is 12.7. The van der Waals surface area contributed by atoms with Crippen LogP contribution in [0.2, 0.25) is 0 Å². The van der Waals surface area contributed by atoms with Crippen molar-refractivity contribution in [1.82, 2.24) is 5.43 Å². The van der Waals surface area contributed by atoms with Gasteiger partial charge in [0.25, 0.3) is 0 Å². The summed E-state index contributed by atoms with van der Waals surface area (Å²) in [5.74, 6) is -0.0790. The highest BCUT2D eigenvalue weighted by Gasteiger charge is 2.30. The lowest BCUT2D eigenvalue weighted by atomic mass is 9.77. The largest absolute Gasteiger partial charge is 0.392 e. The molecule has 33 heavy (non-hydrogen) atoms. The number of unbranched alkanes of at least 4 members (excludes halogenated alkanes) is 1. The first kappa shape index (κ1) is 27.0. The second-order valence-corrected chi connectivity index (χ2v) is 10.7. The maximum atomic E-state index is 12.7. The van der Waals surface area contributed by atoms with Crippen LogP contribution in [0.25, 0.3) is 0 Å². The summed E-state index contributed by atoms with van der Waals surface area (Å²) in [4.78, 5) is 10.9. The van der Waals surface area contributed by atoms with Gasteiger partial charge in [-0.1, -0.05) is 63.9 Å². The van der Waals surface area contributed by atoms with Crippen LogP contribution in [0.15, 0.2) is 48.5 Å². The number of hydrogen-bond acceptors (Lipinski definition) is 6. The number of sulfonamides is 1. The Morgan fingerprint density at radius 2 is 1.85 bits per heavy atom. The number of nitrogens with zero attached hydrogens (tertiary/aromatic N) is 1. The molecule has 0 heterocycles. The lowest BCUT2D eigenvalue weighted by molar-refractivity contribution is 0.0890. The second kappa shape index (κ2) is 12.3. The molecule has 0 aliphatic heterocycles. The molecule has 2 aromatic rings. The number of aldehydes is 1. The second-order valence-electron chi connectivity index (χ2n) is 8.61. The molecule has 1 unspecified atom stereocenters. The molecule has 2 N–H and O–H groups in total. The average Bonchev–Trinajstić information content (AvgIpc) is 2.82. The molecule has 0 saturated carbocycles. The highest BCUT2D eigenvalue weighted by molar-refractivity contribution is 7.92. The summed E-state index contributed by atoms with van der Waals surface area (Å²) in [6.07, 6.45) is 2.98. The summed E-state index contributed by atoms with van der Waals surface area (Å²) < 4.78 is 32.1. The summed E-state index contributed by atoms with van der Waals surface area (Å²) in [6, 6.07) is 14.2. The van der Waals surface area contributed by atoms with E-state index in [2.05, 4.69) is 12.3 Å². The standard InChI is InChI=1S/C25H36N2O5S/c1-5-7-11-24(29)25(3,4)22-12-14-23(15-13-22)27(33(30,31)6-2)26-19-32-18-21-10-8-9-20(16-21)17-28/h8-10,12-17,24,26,29H,5-7,11,18-19H2,1-4H3. The summed E-state index contributed by atoms with van der Waals surface area (Å²) in [6.45, 7) is 7.86. The Balaban J connectivity index is 2.10. The van der Waals surface area contributed by atoms with Crippen molar-refractivity contribution < 1.29 is 23.1 Å². The van der Waals surface area contributed by atoms with Crippen LogP contribution in [0.1, 0.15) is 68.4 Å². The number of ether oxygens (including phenoxy) is 1. The summed E-state index contributed by atoms with van der Waals surface area (Å²) in [5.41, 5.74) is 5.17. The van der Waals surface area contributed by atoms with Crippen molar-refractivity contribution in [3.05, 3.63) is 65.2 Å². The molecule has 0 radical (unpaired) electrons. The molecule has 0 bridgehead atoms. The molecule has 2 aromatic carbocycles. The fraction of sp³-hybridized carbons (Fsp3) is 0.480. The van der Waals surface area contributed by atoms with Gasteiger partial charge in [0.05, 0.1) is 24.2 Å². The van der Waals surface area contributed by atoms with Gasteiger partial charge in [0.2, 0.25) is 10.0 Å². The number of anilines is 1. The predicted octanol–water partition coefficient (Wildman–Crippen LogP) is 4.16. The quantitative estimate of drug-likeness (QED) is 0.184. The number of aliphatic hydroxyl groups is 1. The van der Waals surface area contributed by atoms with E-state index in [1.165, 1.54) is 0 Å². The fourth-order valence-corrected chi connectivity index (χ4v) is 4.44. The molecular formula is C25H36N2O5S. The van der Waals surface area contributed by atoms with E-state index < -0.39 is 21.5 Å². The Hall–Kier alpha value is -2.26. The van der Waals surface area contributed by atoms with Gasteiger partial charge in [-0.25, -0.2) is 12.8 Å². The third-order valence-corrected chi connectivity index (χ3v) is 7.44. The first-order valence-corrected chi connectivity index (χ1v) is 12.9. The minimum Gasteiger partial charge on any atom is -0.392 e. The van der Waals surface area contributed by atoms with Crippen LogP contribution in [0.3, 0.4) is 0 Å². The smallest absolute Gasteiger partial charge is 0.248 e. The third kappa shape index (κ3) is 7.37. The first-order chi connectivity index (χ1) is 15.7. The lowest BCUT2D eigenvalue weighted by Gasteiger charge is -2.32. The number of nitrogens with one attached hydrogen (secondary N) is 1. The van der Waals surface area contributed by atoms with Gasteiger partial charge in [0, 0.05) is 11.0 Å². The van der Waals surface area contributed by atoms with Gasteiger partial charge in [-0.05, 0) is 42.7 Å². The van der Waals surface area contributed by atoms with Gasteiger partial charge < -0.3 is 9.84 Å². The van der Waals surface area contributed by atoms with Crippen LogP contribution < -0.4 is 9.84 Å². The van der Waals surface area contributed by atoms with Gasteiger partial charge in [-0.2, -0.15) is 5.43 Å². The first-order valence-electron chi connectivity index (χ1n) is 11.3. The molecule has 2 rings (SSSR count). The van der Waals surface area contributed by atoms with Gasteiger partial charge in [0.15, 0.2) is 0 Å². The van der Waals surface area contributed by atoms with Crippen LogP contribution in [0.5, 0.6) is 0 Å². The van der Waals surface area contributed by atoms with Gasteiger partial charge in [0.1, 0.15) is 13.0 Å². The molecule has 0 aliphatic rings. The van der Waals surface area contributed by atoms with Crippen LogP contribution in [-0.2, 0) is 26.8 Å². The fourth-order valence-electron chi connectivity index (χ4n) is 3.49. The van der Waals surface area contributed by atoms with E-state index in [1.54, 1.807) is 37.3 Å². The van der Waals surface area contributed by atoms with E-state index in [4.69, 9.17) is 4.74 Å². The van der Waals surface area contributed by atoms with Crippen LogP contribution in [0, 0.1) is 0 Å². The predicted molar refractivity (Wildman–Crippen MR) is 132 cm³/mol. The van der Waals surface area contributed by atoms with Gasteiger partial charge >= 0.3 is 0 Å². The van der Waals surface area contributed by atoms with E-state index in [9.17, 15) is 18.3 Å². The Labute approximate surface area is 197 Å². The molecule has 182 valence electrons. The zero-order chi connectivity index (χ0) is 24.5. The van der Waals surface area contributed by atoms with Crippen molar-refractivity contribution in [3.63, 3.8) is 0 Å². The number of rotatable bonds is 14. The molecule has 7 nitrogen and oxygen atoms in total. The number of hydrazine groups is 1. The molecule has 8 heteroatoms. The number of aliphatic hydroxyl groups excluding tert-OH is 1. The maximum Gasteiger partial charge on any atom is 0.248 e. The van der Waals surface area contributed by atoms with Crippen molar-refractivity contribution in [2.24, 2.45) is 0 Å². The minimum absolute atomic E-state index is 0.0342. The van der Waals surface area contributed by atoms with E-state index in [1.807, 2.05) is 32.0 Å². The summed E-state index contributed by atoms with van der Waals surface area (Å²) in [7, 11) is -3.60. The van der Waals surface area contributed by atoms with Gasteiger partial charge in [-0.15, -0.1) is 0 Å². The van der Waals surface area contributed by atoms with E-state index in [-0.39, 0.29) is 19.1 Å². The van der Waals surface area contributed by atoms with Crippen molar-refractivity contribution in [2.75, 3.05) is 16.9 Å². The SMILES string of the molecule is CCCCC(O)C(C)(C)c1ccc(N(NCOCc2cccc(C=O)c2)S(=O)(=O)CC)cc1. The van der Waals surface area contributed by atoms with E-state index >= 15 is 0 Å². The number of carbonyl (C=O) groups excluding carboxylic acids is 1. The molecular weight excluding hydrogens is 440 g/mol. The van der Waals surface area contributed by atoms with Gasteiger partial charge in [-0.3, -0.25) is 4.79 Å². The zero-order valence-electron chi connectivity index (χ0n) is 20.0. The van der Waals surface area contributed by atoms with E-state index in [0.717, 1.165) is 41.1 Å². The molecule has 1 atom stereocenters. The van der Waals surface area contributed by atoms with Crippen molar-refractivity contribution in [3.8, 4) is 0 Å². The highest BCUT2D eigenvalue weighted by Crippen LogP contribution is 2.31. The highest BCUT2D eigenvalue weighted by atomic mass is 32.2. The van der Waals surface area contributed by atoms with Crippen molar-refractivity contribution in [1.29, 1.82) is 0 Å². The Morgan fingerprint density at radius 1 is 1.15 bits per heavy atom. The Bertz CT molecular complexity index is 990. The Kier molecular flexibility index (Phi) is 10.0. The number of benzene rings is 2. The summed E-state index contributed by atoms with van der Waals surface area (Å²) in [5, 5.41) is 10.6. The molecule has 0 saturated heterocycles. The third-order valence-electron chi connectivity index (χ3n) is 5.82. The minimum atomic E-state index is -3.60. The average molecular weight is 477 g/mol. The van der Waals surface area contributed by atoms with Crippen LogP contribution >= 0.6 is 0 Å². The molecule has 0 aliphatic carbocycles. The normalized spacial score (nSPS) is 13.0. The van der Waals surface area contributed by atoms with Crippen LogP contribution in [-0.4, -0.2) is 38.4 Å². The Morgan fingerprint density at radius 3 is 2.45 bits per heavy atom. The topological polar surface area (TPSA) is 95.9 Å².